The first-order valence-corrected chi connectivity index (χ1v) is 7.76. The Bertz CT molecular complexity index is 272. The molecule has 2 unspecified atom stereocenters. The average Bonchev–Trinajstić information content (AvgIpc) is 2.43. The molecule has 1 aliphatic rings. The molecule has 6 heteroatoms. The van der Waals surface area contributed by atoms with Crippen LogP contribution in [0.25, 0.3) is 0 Å². The number of nitrogens with two attached hydrogens (primary N) is 1. The Labute approximate surface area is 142 Å². The van der Waals surface area contributed by atoms with Gasteiger partial charge in [0.2, 0.25) is 5.91 Å². The second kappa shape index (κ2) is 12.5. The van der Waals surface area contributed by atoms with Crippen LogP contribution in [0.3, 0.4) is 0 Å². The van der Waals surface area contributed by atoms with Crippen molar-refractivity contribution >= 4 is 30.7 Å². The van der Waals surface area contributed by atoms with Gasteiger partial charge in [0.15, 0.2) is 0 Å². The summed E-state index contributed by atoms with van der Waals surface area (Å²) in [4.78, 5) is 14.2. The second-order valence-corrected chi connectivity index (χ2v) is 6.06. The lowest BCUT2D eigenvalue weighted by Gasteiger charge is -2.31. The van der Waals surface area contributed by atoms with Gasteiger partial charge in [0.25, 0.3) is 0 Å². The van der Waals surface area contributed by atoms with E-state index in [0.29, 0.717) is 0 Å². The van der Waals surface area contributed by atoms with Gasteiger partial charge in [-0.3, -0.25) is 4.79 Å². The second-order valence-electron chi connectivity index (χ2n) is 6.06. The first kappa shape index (κ1) is 23.2. The average molecular weight is 342 g/mol. The van der Waals surface area contributed by atoms with Gasteiger partial charge in [0, 0.05) is 24.5 Å². The van der Waals surface area contributed by atoms with Crippen molar-refractivity contribution in [3.05, 3.63) is 0 Å². The summed E-state index contributed by atoms with van der Waals surface area (Å²) in [5, 5.41) is 2.98. The fourth-order valence-electron chi connectivity index (χ4n) is 2.64. The smallest absolute Gasteiger partial charge is 0.224 e. The van der Waals surface area contributed by atoms with E-state index in [1.165, 1.54) is 32.1 Å². The number of carbonyl (C=O) groups excluding carboxylic acids is 1. The van der Waals surface area contributed by atoms with Gasteiger partial charge in [-0.2, -0.15) is 0 Å². The normalized spacial score (nSPS) is 18.3. The molecule has 1 fully saturated rings. The van der Waals surface area contributed by atoms with E-state index < -0.39 is 0 Å². The van der Waals surface area contributed by atoms with Crippen molar-refractivity contribution in [1.29, 1.82) is 0 Å². The van der Waals surface area contributed by atoms with E-state index in [0.717, 1.165) is 25.6 Å². The van der Waals surface area contributed by atoms with E-state index in [1.807, 2.05) is 13.8 Å². The molecule has 128 valence electrons. The number of amides is 1. The van der Waals surface area contributed by atoms with Crippen molar-refractivity contribution in [3.8, 4) is 0 Å². The minimum Gasteiger partial charge on any atom is -0.356 e. The molecule has 0 aliphatic heterocycles. The van der Waals surface area contributed by atoms with Gasteiger partial charge in [-0.25, -0.2) is 0 Å². The molecule has 0 aromatic rings. The molecule has 4 nitrogen and oxygen atoms in total. The van der Waals surface area contributed by atoms with E-state index in [-0.39, 0.29) is 42.7 Å². The number of halogens is 2. The van der Waals surface area contributed by atoms with E-state index in [1.54, 1.807) is 0 Å². The maximum atomic E-state index is 11.7. The fourth-order valence-corrected chi connectivity index (χ4v) is 2.64. The summed E-state index contributed by atoms with van der Waals surface area (Å²) in [6.45, 7) is 5.58. The quantitative estimate of drug-likeness (QED) is 0.699. The Balaban J connectivity index is 0. The van der Waals surface area contributed by atoms with Crippen LogP contribution in [0.4, 0.5) is 0 Å². The maximum absolute atomic E-state index is 11.7. The van der Waals surface area contributed by atoms with Gasteiger partial charge in [0.1, 0.15) is 0 Å². The molecule has 0 aromatic carbocycles. The van der Waals surface area contributed by atoms with Crippen LogP contribution in [0.1, 0.15) is 52.4 Å². The Morgan fingerprint density at radius 1 is 1.24 bits per heavy atom. The molecule has 2 atom stereocenters. The third-order valence-corrected chi connectivity index (χ3v) is 4.39. The Morgan fingerprint density at radius 2 is 1.81 bits per heavy atom. The molecule has 1 amide bonds. The summed E-state index contributed by atoms with van der Waals surface area (Å²) in [6, 6.07) is 0.678. The predicted octanol–water partition coefficient (Wildman–Crippen LogP) is 2.58. The third-order valence-electron chi connectivity index (χ3n) is 4.39. The Hall–Kier alpha value is -0.0300. The highest BCUT2D eigenvalue weighted by atomic mass is 35.5. The fraction of sp³-hybridized carbons (Fsp3) is 0.933. The molecule has 0 bridgehead atoms. The van der Waals surface area contributed by atoms with Gasteiger partial charge in [-0.1, -0.05) is 26.2 Å². The lowest BCUT2D eigenvalue weighted by atomic mass is 9.94. The summed E-state index contributed by atoms with van der Waals surface area (Å²) in [5.74, 6) is -0.0219. The zero-order chi connectivity index (χ0) is 14.3. The molecule has 1 rings (SSSR count). The summed E-state index contributed by atoms with van der Waals surface area (Å²) < 4.78 is 0. The van der Waals surface area contributed by atoms with Crippen LogP contribution in [0.15, 0.2) is 0 Å². The van der Waals surface area contributed by atoms with Gasteiger partial charge < -0.3 is 16.0 Å². The zero-order valence-corrected chi connectivity index (χ0v) is 15.3. The summed E-state index contributed by atoms with van der Waals surface area (Å²) in [7, 11) is 2.21. The third kappa shape index (κ3) is 8.87. The first-order chi connectivity index (χ1) is 9.02. The number of nitrogens with zero attached hydrogens (tertiary/aromatic N) is 1. The highest BCUT2D eigenvalue weighted by Crippen LogP contribution is 2.21. The van der Waals surface area contributed by atoms with Gasteiger partial charge in [-0.05, 0) is 39.8 Å². The molecular weight excluding hydrogens is 309 g/mol. The van der Waals surface area contributed by atoms with E-state index in [9.17, 15) is 4.79 Å². The van der Waals surface area contributed by atoms with Crippen LogP contribution in [-0.4, -0.2) is 43.0 Å². The molecular formula is C15H33Cl2N3O. The highest BCUT2D eigenvalue weighted by Gasteiger charge is 2.18. The zero-order valence-electron chi connectivity index (χ0n) is 13.6. The monoisotopic (exact) mass is 341 g/mol. The highest BCUT2D eigenvalue weighted by molar-refractivity contribution is 5.85. The van der Waals surface area contributed by atoms with E-state index >= 15 is 0 Å². The summed E-state index contributed by atoms with van der Waals surface area (Å²) >= 11 is 0. The minimum atomic E-state index is -0.101. The molecule has 0 spiro atoms. The van der Waals surface area contributed by atoms with Crippen LogP contribution in [-0.2, 0) is 4.79 Å². The van der Waals surface area contributed by atoms with Crippen LogP contribution in [0.2, 0.25) is 0 Å². The number of nitrogens with one attached hydrogen (secondary N) is 1. The molecule has 1 aliphatic carbocycles. The van der Waals surface area contributed by atoms with Crippen LogP contribution >= 0.6 is 24.8 Å². The topological polar surface area (TPSA) is 58.4 Å². The predicted molar refractivity (Wildman–Crippen MR) is 94.4 cm³/mol. The van der Waals surface area contributed by atoms with Crippen molar-refractivity contribution in [2.24, 2.45) is 11.7 Å². The number of hydrogen-bond acceptors (Lipinski definition) is 3. The van der Waals surface area contributed by atoms with Gasteiger partial charge >= 0.3 is 0 Å². The molecule has 0 aromatic heterocycles. The van der Waals surface area contributed by atoms with Crippen LogP contribution in [0.5, 0.6) is 0 Å². The standard InChI is InChI=1S/C15H31N3O.2ClH/c1-12(13(2)16)15(19)17-10-7-11-18(3)14-8-5-4-6-9-14;;/h12-14H,4-11,16H2,1-3H3,(H,17,19);2*1H. The summed E-state index contributed by atoms with van der Waals surface area (Å²) in [6.07, 6.45) is 7.84. The van der Waals surface area contributed by atoms with Crippen LogP contribution < -0.4 is 11.1 Å². The van der Waals surface area contributed by atoms with E-state index in [2.05, 4.69) is 17.3 Å². The lowest BCUT2D eigenvalue weighted by Crippen LogP contribution is -2.40. The van der Waals surface area contributed by atoms with Gasteiger partial charge in [0.05, 0.1) is 0 Å². The van der Waals surface area contributed by atoms with Crippen LogP contribution in [0, 0.1) is 5.92 Å². The van der Waals surface area contributed by atoms with Crippen molar-refractivity contribution in [3.63, 3.8) is 0 Å². The molecule has 1 saturated carbocycles. The van der Waals surface area contributed by atoms with E-state index in [4.69, 9.17) is 5.73 Å². The minimum absolute atomic E-state index is 0. The van der Waals surface area contributed by atoms with Crippen molar-refractivity contribution in [2.75, 3.05) is 20.1 Å². The molecule has 3 N–H and O–H groups in total. The largest absolute Gasteiger partial charge is 0.356 e. The number of rotatable bonds is 7. The van der Waals surface area contributed by atoms with Crippen molar-refractivity contribution in [2.45, 2.75) is 64.5 Å². The molecule has 21 heavy (non-hydrogen) atoms. The Kier molecular flexibility index (Phi) is 13.8. The Morgan fingerprint density at radius 3 is 2.33 bits per heavy atom. The first-order valence-electron chi connectivity index (χ1n) is 7.76. The lowest BCUT2D eigenvalue weighted by molar-refractivity contribution is -0.124. The SMILES string of the molecule is CC(N)C(C)C(=O)NCCCN(C)C1CCCCC1.Cl.Cl. The maximum Gasteiger partial charge on any atom is 0.224 e. The molecule has 0 radical (unpaired) electrons. The summed E-state index contributed by atoms with van der Waals surface area (Å²) in [5.41, 5.74) is 5.72. The molecule has 0 heterocycles. The number of carbonyl (C=O) groups is 1. The van der Waals surface area contributed by atoms with Crippen molar-refractivity contribution < 1.29 is 4.79 Å². The van der Waals surface area contributed by atoms with Gasteiger partial charge in [-0.15, -0.1) is 24.8 Å². The van der Waals surface area contributed by atoms with Crippen molar-refractivity contribution in [1.82, 2.24) is 10.2 Å². The molecule has 0 saturated heterocycles. The number of hydrogen-bond donors (Lipinski definition) is 2.